The second-order valence-corrected chi connectivity index (χ2v) is 5.59. The molecule has 23 heavy (non-hydrogen) atoms. The van der Waals surface area contributed by atoms with Crippen LogP contribution in [0.4, 0.5) is 17.1 Å². The number of halogens is 1. The van der Waals surface area contributed by atoms with E-state index in [0.717, 1.165) is 4.47 Å². The summed E-state index contributed by atoms with van der Waals surface area (Å²) < 4.78 is 0.874. The Labute approximate surface area is 141 Å². The summed E-state index contributed by atoms with van der Waals surface area (Å²) in [6, 6.07) is 13.3. The minimum atomic E-state index is -0.778. The Hall–Kier alpha value is -2.67. The predicted octanol–water partition coefficient (Wildman–Crippen LogP) is 2.98. The number of nitrogens with one attached hydrogen (secondary N) is 3. The highest BCUT2D eigenvalue weighted by Gasteiger charge is 2.14. The van der Waals surface area contributed by atoms with Gasteiger partial charge in [-0.15, -0.1) is 0 Å². The second-order valence-electron chi connectivity index (χ2n) is 4.67. The molecule has 0 bridgehead atoms. The molecular formula is C16H14BrN3O3. The zero-order chi connectivity index (χ0) is 16.8. The smallest absolute Gasteiger partial charge is 0.314 e. The highest BCUT2D eigenvalue weighted by molar-refractivity contribution is 9.10. The van der Waals surface area contributed by atoms with E-state index in [-0.39, 0.29) is 5.91 Å². The Morgan fingerprint density at radius 2 is 1.04 bits per heavy atom. The molecule has 118 valence electrons. The molecular weight excluding hydrogens is 362 g/mol. The molecule has 0 aliphatic heterocycles. The summed E-state index contributed by atoms with van der Waals surface area (Å²) in [5, 5.41) is 7.59. The van der Waals surface area contributed by atoms with E-state index in [4.69, 9.17) is 0 Å². The van der Waals surface area contributed by atoms with E-state index in [0.29, 0.717) is 17.1 Å². The first-order chi connectivity index (χ1) is 10.9. The van der Waals surface area contributed by atoms with Gasteiger partial charge < -0.3 is 16.0 Å². The summed E-state index contributed by atoms with van der Waals surface area (Å²) in [6.45, 7) is 1.40. The number of amides is 3. The maximum atomic E-state index is 11.8. The van der Waals surface area contributed by atoms with Crippen molar-refractivity contribution >= 4 is 50.7 Å². The zero-order valence-corrected chi connectivity index (χ0v) is 13.8. The molecule has 0 heterocycles. The van der Waals surface area contributed by atoms with Gasteiger partial charge in [0.2, 0.25) is 5.91 Å². The summed E-state index contributed by atoms with van der Waals surface area (Å²) in [5.41, 5.74) is 1.58. The van der Waals surface area contributed by atoms with Gasteiger partial charge in [0.25, 0.3) is 0 Å². The van der Waals surface area contributed by atoms with Gasteiger partial charge in [0.15, 0.2) is 0 Å². The minimum Gasteiger partial charge on any atom is -0.326 e. The molecule has 7 heteroatoms. The number of carbonyl (C=O) groups excluding carboxylic acids is 3. The number of anilines is 3. The Morgan fingerprint density at radius 1 is 0.696 bits per heavy atom. The first kappa shape index (κ1) is 16.7. The Bertz CT molecular complexity index is 727. The van der Waals surface area contributed by atoms with Crippen molar-refractivity contribution in [2.24, 2.45) is 0 Å². The van der Waals surface area contributed by atoms with Crippen molar-refractivity contribution in [2.75, 3.05) is 16.0 Å². The number of hydrogen-bond donors (Lipinski definition) is 3. The van der Waals surface area contributed by atoms with Gasteiger partial charge in [-0.3, -0.25) is 14.4 Å². The van der Waals surface area contributed by atoms with Crippen LogP contribution in [0.5, 0.6) is 0 Å². The van der Waals surface area contributed by atoms with E-state index in [1.807, 2.05) is 0 Å². The fourth-order valence-corrected chi connectivity index (χ4v) is 2.01. The minimum absolute atomic E-state index is 0.185. The molecule has 2 aromatic rings. The average molecular weight is 376 g/mol. The third kappa shape index (κ3) is 5.23. The number of rotatable bonds is 3. The van der Waals surface area contributed by atoms with Crippen molar-refractivity contribution in [1.82, 2.24) is 0 Å². The highest BCUT2D eigenvalue weighted by Crippen LogP contribution is 2.15. The quantitative estimate of drug-likeness (QED) is 0.720. The standard InChI is InChI=1S/C16H14BrN3O3/c1-10(21)18-12-6-8-14(9-7-12)20-16(23)15(22)19-13-4-2-11(17)3-5-13/h2-9H,1H3,(H,18,21)(H,19,22)(H,20,23). The average Bonchev–Trinajstić information content (AvgIpc) is 2.51. The molecule has 0 aliphatic rings. The summed E-state index contributed by atoms with van der Waals surface area (Å²) >= 11 is 3.29. The van der Waals surface area contributed by atoms with Gasteiger partial charge >= 0.3 is 11.8 Å². The predicted molar refractivity (Wildman–Crippen MR) is 92.1 cm³/mol. The molecule has 0 aromatic heterocycles. The van der Waals surface area contributed by atoms with Crippen LogP contribution in [0.25, 0.3) is 0 Å². The molecule has 0 aliphatic carbocycles. The van der Waals surface area contributed by atoms with Crippen LogP contribution < -0.4 is 16.0 Å². The Balaban J connectivity index is 1.94. The molecule has 2 aromatic carbocycles. The lowest BCUT2D eigenvalue weighted by Crippen LogP contribution is -2.29. The second kappa shape index (κ2) is 7.55. The highest BCUT2D eigenvalue weighted by atomic mass is 79.9. The lowest BCUT2D eigenvalue weighted by molar-refractivity contribution is -0.132. The van der Waals surface area contributed by atoms with Crippen LogP contribution in [0.2, 0.25) is 0 Å². The summed E-state index contributed by atoms with van der Waals surface area (Å²) in [5.74, 6) is -1.73. The van der Waals surface area contributed by atoms with Crippen LogP contribution in [-0.4, -0.2) is 17.7 Å². The third-order valence-corrected chi connectivity index (χ3v) is 3.30. The van der Waals surface area contributed by atoms with Crippen molar-refractivity contribution in [3.8, 4) is 0 Å². The molecule has 0 saturated carbocycles. The summed E-state index contributed by atoms with van der Waals surface area (Å²) in [7, 11) is 0. The molecule has 3 N–H and O–H groups in total. The molecule has 0 spiro atoms. The molecule has 0 fully saturated rings. The molecule has 3 amide bonds. The monoisotopic (exact) mass is 375 g/mol. The summed E-state index contributed by atoms with van der Waals surface area (Å²) in [4.78, 5) is 34.6. The molecule has 2 rings (SSSR count). The normalized spacial score (nSPS) is 9.83. The molecule has 6 nitrogen and oxygen atoms in total. The van der Waals surface area contributed by atoms with Gasteiger partial charge in [0.1, 0.15) is 0 Å². The third-order valence-electron chi connectivity index (χ3n) is 2.77. The molecule has 0 saturated heterocycles. The fourth-order valence-electron chi connectivity index (χ4n) is 1.75. The number of benzene rings is 2. The largest absolute Gasteiger partial charge is 0.326 e. The molecule has 0 unspecified atom stereocenters. The van der Waals surface area contributed by atoms with Gasteiger partial charge in [0, 0.05) is 28.5 Å². The van der Waals surface area contributed by atoms with Crippen molar-refractivity contribution in [3.05, 3.63) is 53.0 Å². The van der Waals surface area contributed by atoms with Gasteiger partial charge in [-0.2, -0.15) is 0 Å². The SMILES string of the molecule is CC(=O)Nc1ccc(NC(=O)C(=O)Nc2ccc(Br)cc2)cc1. The molecule has 0 atom stereocenters. The van der Waals surface area contributed by atoms with Crippen LogP contribution in [0, 0.1) is 0 Å². The topological polar surface area (TPSA) is 87.3 Å². The van der Waals surface area contributed by atoms with Gasteiger partial charge in [-0.05, 0) is 48.5 Å². The number of hydrogen-bond acceptors (Lipinski definition) is 3. The first-order valence-electron chi connectivity index (χ1n) is 6.69. The van der Waals surface area contributed by atoms with E-state index in [1.54, 1.807) is 48.5 Å². The van der Waals surface area contributed by atoms with Crippen LogP contribution >= 0.6 is 15.9 Å². The van der Waals surface area contributed by atoms with Gasteiger partial charge in [0.05, 0.1) is 0 Å². The van der Waals surface area contributed by atoms with Crippen molar-refractivity contribution in [2.45, 2.75) is 6.92 Å². The molecule has 0 radical (unpaired) electrons. The lowest BCUT2D eigenvalue weighted by atomic mass is 10.2. The van der Waals surface area contributed by atoms with Gasteiger partial charge in [-0.25, -0.2) is 0 Å². The first-order valence-corrected chi connectivity index (χ1v) is 7.49. The lowest BCUT2D eigenvalue weighted by Gasteiger charge is -2.08. The van der Waals surface area contributed by atoms with E-state index in [2.05, 4.69) is 31.9 Å². The van der Waals surface area contributed by atoms with Crippen molar-refractivity contribution in [1.29, 1.82) is 0 Å². The van der Waals surface area contributed by atoms with Crippen LogP contribution in [0.3, 0.4) is 0 Å². The zero-order valence-electron chi connectivity index (χ0n) is 12.2. The number of carbonyl (C=O) groups is 3. The van der Waals surface area contributed by atoms with Crippen molar-refractivity contribution < 1.29 is 14.4 Å². The maximum Gasteiger partial charge on any atom is 0.314 e. The fraction of sp³-hybridized carbons (Fsp3) is 0.0625. The van der Waals surface area contributed by atoms with Crippen LogP contribution in [-0.2, 0) is 14.4 Å². The van der Waals surface area contributed by atoms with Crippen LogP contribution in [0.15, 0.2) is 53.0 Å². The van der Waals surface area contributed by atoms with E-state index >= 15 is 0 Å². The van der Waals surface area contributed by atoms with E-state index in [1.165, 1.54) is 6.92 Å². The van der Waals surface area contributed by atoms with E-state index < -0.39 is 11.8 Å². The Kier molecular flexibility index (Phi) is 5.48. The van der Waals surface area contributed by atoms with Crippen LogP contribution in [0.1, 0.15) is 6.92 Å². The summed E-state index contributed by atoms with van der Waals surface area (Å²) in [6.07, 6.45) is 0. The van der Waals surface area contributed by atoms with Gasteiger partial charge in [-0.1, -0.05) is 15.9 Å². The van der Waals surface area contributed by atoms with Crippen molar-refractivity contribution in [3.63, 3.8) is 0 Å². The maximum absolute atomic E-state index is 11.8. The van der Waals surface area contributed by atoms with E-state index in [9.17, 15) is 14.4 Å². The Morgan fingerprint density at radius 3 is 1.43 bits per heavy atom.